The molecule has 1 aliphatic rings. The third-order valence-electron chi connectivity index (χ3n) is 4.29. The van der Waals surface area contributed by atoms with Gasteiger partial charge in [-0.15, -0.1) is 10.2 Å². The Morgan fingerprint density at radius 3 is 2.69 bits per heavy atom. The molecule has 1 aromatic heterocycles. The van der Waals surface area contributed by atoms with Gasteiger partial charge in [-0.05, 0) is 55.8 Å². The van der Waals surface area contributed by atoms with E-state index in [-0.39, 0.29) is 18.9 Å². The average Bonchev–Trinajstić information content (AvgIpc) is 3.33. The molecule has 3 rings (SSSR count). The van der Waals surface area contributed by atoms with Crippen LogP contribution in [0.15, 0.2) is 28.1 Å². The molecule has 9 nitrogen and oxygen atoms in total. The molecule has 1 amide bonds. The first kappa shape index (κ1) is 23.7. The van der Waals surface area contributed by atoms with Crippen LogP contribution < -0.4 is 9.47 Å². The molecular weight excluding hydrogens is 452 g/mol. The average molecular weight is 477 g/mol. The minimum Gasteiger partial charge on any atom is -0.490 e. The number of benzene rings is 1. The minimum atomic E-state index is -0.932. The number of carbonyl (C=O) groups is 2. The fourth-order valence-electron chi connectivity index (χ4n) is 2.79. The summed E-state index contributed by atoms with van der Waals surface area (Å²) in [7, 11) is 0. The Labute approximate surface area is 194 Å². The number of hydrogen-bond acceptors (Lipinski definition) is 9. The zero-order valence-corrected chi connectivity index (χ0v) is 19.7. The van der Waals surface area contributed by atoms with Gasteiger partial charge in [0.15, 0.2) is 16.7 Å². The number of amidine groups is 1. The highest BCUT2D eigenvalue weighted by Crippen LogP contribution is 2.36. The summed E-state index contributed by atoms with van der Waals surface area (Å²) >= 11 is 2.70. The Balaban J connectivity index is 1.83. The predicted molar refractivity (Wildman–Crippen MR) is 125 cm³/mol. The molecule has 0 aliphatic carbocycles. The number of aryl methyl sites for hydroxylation is 1. The lowest BCUT2D eigenvalue weighted by molar-refractivity contribution is -0.137. The lowest BCUT2D eigenvalue weighted by Gasteiger charge is -2.12. The van der Waals surface area contributed by atoms with Crippen molar-refractivity contribution in [1.29, 1.82) is 0 Å². The summed E-state index contributed by atoms with van der Waals surface area (Å²) in [6.07, 6.45) is 2.46. The van der Waals surface area contributed by atoms with E-state index in [0.717, 1.165) is 17.0 Å². The van der Waals surface area contributed by atoms with Crippen LogP contribution in [0.25, 0.3) is 6.08 Å². The Hall–Kier alpha value is -2.92. The number of aliphatic carboxylic acids is 1. The van der Waals surface area contributed by atoms with Crippen molar-refractivity contribution in [2.75, 3.05) is 19.8 Å². The SMILES string of the molecule is CCOc1cc(/C=C2/S/C(=N/c3nnc(CC)s3)N(CC)C2=O)ccc1OCCC(=O)O. The molecule has 170 valence electrons. The maximum atomic E-state index is 12.9. The molecule has 11 heteroatoms. The van der Waals surface area contributed by atoms with Crippen LogP contribution in [0.3, 0.4) is 0 Å². The summed E-state index contributed by atoms with van der Waals surface area (Å²) in [6.45, 7) is 6.70. The zero-order chi connectivity index (χ0) is 23.1. The normalized spacial score (nSPS) is 16.2. The first-order chi connectivity index (χ1) is 15.4. The molecule has 0 unspecified atom stereocenters. The van der Waals surface area contributed by atoms with Gasteiger partial charge in [-0.2, -0.15) is 4.99 Å². The highest BCUT2D eigenvalue weighted by Gasteiger charge is 2.32. The van der Waals surface area contributed by atoms with Gasteiger partial charge in [0, 0.05) is 6.54 Å². The third kappa shape index (κ3) is 5.86. The molecule has 2 heterocycles. The number of carbonyl (C=O) groups excluding carboxylic acids is 1. The van der Waals surface area contributed by atoms with Crippen LogP contribution in [0.2, 0.25) is 0 Å². The number of aromatic nitrogens is 2. The number of thioether (sulfide) groups is 1. The predicted octanol–water partition coefficient (Wildman–Crippen LogP) is 3.98. The van der Waals surface area contributed by atoms with E-state index in [2.05, 4.69) is 15.2 Å². The smallest absolute Gasteiger partial charge is 0.306 e. The van der Waals surface area contributed by atoms with E-state index in [1.54, 1.807) is 29.2 Å². The van der Waals surface area contributed by atoms with E-state index in [1.807, 2.05) is 20.8 Å². The van der Waals surface area contributed by atoms with Gasteiger partial charge in [-0.25, -0.2) is 0 Å². The van der Waals surface area contributed by atoms with Crippen LogP contribution in [0.5, 0.6) is 11.5 Å². The van der Waals surface area contributed by atoms with E-state index in [4.69, 9.17) is 14.6 Å². The second-order valence-electron chi connectivity index (χ2n) is 6.52. The van der Waals surface area contributed by atoms with Crippen molar-refractivity contribution in [2.24, 2.45) is 4.99 Å². The number of carboxylic acid groups (broad SMARTS) is 1. The fraction of sp³-hybridized carbons (Fsp3) is 0.381. The number of amides is 1. The number of ether oxygens (including phenoxy) is 2. The molecule has 0 bridgehead atoms. The topological polar surface area (TPSA) is 114 Å². The number of likely N-dealkylation sites (N-methyl/N-ethyl adjacent to an activating group) is 1. The number of nitrogens with zero attached hydrogens (tertiary/aromatic N) is 4. The Bertz CT molecular complexity index is 1050. The Kier molecular flexibility index (Phi) is 8.23. The molecule has 1 fully saturated rings. The lowest BCUT2D eigenvalue weighted by Crippen LogP contribution is -2.28. The second-order valence-corrected chi connectivity index (χ2v) is 8.57. The van der Waals surface area contributed by atoms with E-state index in [0.29, 0.717) is 39.9 Å². The van der Waals surface area contributed by atoms with E-state index in [9.17, 15) is 9.59 Å². The van der Waals surface area contributed by atoms with Crippen molar-refractivity contribution in [2.45, 2.75) is 33.6 Å². The van der Waals surface area contributed by atoms with Crippen LogP contribution >= 0.6 is 23.1 Å². The van der Waals surface area contributed by atoms with Gasteiger partial charge in [0.1, 0.15) is 5.01 Å². The monoisotopic (exact) mass is 476 g/mol. The van der Waals surface area contributed by atoms with Crippen molar-refractivity contribution in [3.63, 3.8) is 0 Å². The van der Waals surface area contributed by atoms with Crippen molar-refractivity contribution < 1.29 is 24.2 Å². The van der Waals surface area contributed by atoms with Crippen LogP contribution in [0, 0.1) is 0 Å². The van der Waals surface area contributed by atoms with Gasteiger partial charge >= 0.3 is 5.97 Å². The largest absolute Gasteiger partial charge is 0.490 e. The summed E-state index contributed by atoms with van der Waals surface area (Å²) in [6, 6.07) is 5.27. The maximum absolute atomic E-state index is 12.9. The number of rotatable bonds is 10. The maximum Gasteiger partial charge on any atom is 0.306 e. The van der Waals surface area contributed by atoms with Crippen molar-refractivity contribution in [3.05, 3.63) is 33.7 Å². The minimum absolute atomic E-state index is 0.0425. The van der Waals surface area contributed by atoms with Gasteiger partial charge in [0.2, 0.25) is 5.13 Å². The molecule has 32 heavy (non-hydrogen) atoms. The quantitative estimate of drug-likeness (QED) is 0.512. The van der Waals surface area contributed by atoms with Crippen molar-refractivity contribution in [1.82, 2.24) is 15.1 Å². The molecule has 1 N–H and O–H groups in total. The first-order valence-electron chi connectivity index (χ1n) is 10.2. The molecule has 0 atom stereocenters. The van der Waals surface area contributed by atoms with Gasteiger partial charge in [-0.3, -0.25) is 14.5 Å². The Morgan fingerprint density at radius 2 is 2.03 bits per heavy atom. The van der Waals surface area contributed by atoms with Crippen LogP contribution in [-0.2, 0) is 16.0 Å². The van der Waals surface area contributed by atoms with Gasteiger partial charge in [-0.1, -0.05) is 24.3 Å². The molecule has 1 aliphatic heterocycles. The molecule has 1 aromatic carbocycles. The summed E-state index contributed by atoms with van der Waals surface area (Å²) in [5.41, 5.74) is 0.761. The Morgan fingerprint density at radius 1 is 1.22 bits per heavy atom. The van der Waals surface area contributed by atoms with E-state index >= 15 is 0 Å². The number of hydrogen-bond donors (Lipinski definition) is 1. The van der Waals surface area contributed by atoms with Crippen LogP contribution in [0.1, 0.15) is 37.8 Å². The van der Waals surface area contributed by atoms with Crippen molar-refractivity contribution in [3.8, 4) is 11.5 Å². The van der Waals surface area contributed by atoms with Gasteiger partial charge in [0.05, 0.1) is 24.5 Å². The van der Waals surface area contributed by atoms with Gasteiger partial charge < -0.3 is 14.6 Å². The summed E-state index contributed by atoms with van der Waals surface area (Å²) in [5.74, 6) is -0.110. The zero-order valence-electron chi connectivity index (χ0n) is 18.0. The number of aliphatic imine (C=N–C) groups is 1. The highest BCUT2D eigenvalue weighted by molar-refractivity contribution is 8.18. The molecule has 0 radical (unpaired) electrons. The van der Waals surface area contributed by atoms with E-state index < -0.39 is 5.97 Å². The molecule has 2 aromatic rings. The van der Waals surface area contributed by atoms with Crippen LogP contribution in [-0.4, -0.2) is 57.0 Å². The summed E-state index contributed by atoms with van der Waals surface area (Å²) < 4.78 is 11.2. The number of carboxylic acids is 1. The lowest BCUT2D eigenvalue weighted by atomic mass is 10.2. The molecule has 0 spiro atoms. The molecule has 1 saturated heterocycles. The highest BCUT2D eigenvalue weighted by atomic mass is 32.2. The molecular formula is C21H24N4O5S2. The van der Waals surface area contributed by atoms with E-state index in [1.165, 1.54) is 23.1 Å². The summed E-state index contributed by atoms with van der Waals surface area (Å²) in [5, 5.41) is 18.9. The second kappa shape index (κ2) is 11.1. The van der Waals surface area contributed by atoms with Gasteiger partial charge in [0.25, 0.3) is 5.91 Å². The third-order valence-corrected chi connectivity index (χ3v) is 6.26. The summed E-state index contributed by atoms with van der Waals surface area (Å²) in [4.78, 5) is 30.3. The first-order valence-corrected chi connectivity index (χ1v) is 11.8. The molecule has 0 saturated carbocycles. The van der Waals surface area contributed by atoms with Crippen LogP contribution in [0.4, 0.5) is 5.13 Å². The van der Waals surface area contributed by atoms with Crippen molar-refractivity contribution >= 4 is 51.4 Å². The standard InChI is InChI=1S/C21H24N4O5S2/c1-4-17-23-24-20(32-17)22-21-25(5-2)19(28)16(31-21)12-13-7-8-14(15(11-13)29-6-3)30-10-9-18(26)27/h7-8,11-12H,4-6,9-10H2,1-3H3,(H,26,27)/b16-12+,22-21+. The fourth-order valence-corrected chi connectivity index (χ4v) is 4.54.